The minimum atomic E-state index is -0.338. The Hall–Kier alpha value is -0.610. The van der Waals surface area contributed by atoms with Crippen molar-refractivity contribution in [3.63, 3.8) is 0 Å². The van der Waals surface area contributed by atoms with Crippen LogP contribution in [0.1, 0.15) is 10.8 Å². The van der Waals surface area contributed by atoms with Crippen molar-refractivity contribution in [3.8, 4) is 0 Å². The zero-order chi connectivity index (χ0) is 9.68. The predicted octanol–water partition coefficient (Wildman–Crippen LogP) is 2.48. The molecule has 13 heavy (non-hydrogen) atoms. The van der Waals surface area contributed by atoms with Gasteiger partial charge in [0.15, 0.2) is 0 Å². The summed E-state index contributed by atoms with van der Waals surface area (Å²) in [7, 11) is 2.55. The lowest BCUT2D eigenvalue weighted by Crippen LogP contribution is -2.09. The van der Waals surface area contributed by atoms with Crippen LogP contribution in [0.25, 0.3) is 0 Å². The molecule has 0 fully saturated rings. The fourth-order valence-electron chi connectivity index (χ4n) is 0.975. The van der Waals surface area contributed by atoms with Gasteiger partial charge in [-0.3, -0.25) is 4.79 Å². The van der Waals surface area contributed by atoms with Crippen molar-refractivity contribution in [1.82, 2.24) is 0 Å². The molecular weight excluding hydrogens is 204 g/mol. The van der Waals surface area contributed by atoms with Crippen LogP contribution in [0.2, 0.25) is 0 Å². The molecule has 1 rings (SSSR count). The quantitative estimate of drug-likeness (QED) is 0.475. The molecule has 0 aliphatic rings. The van der Waals surface area contributed by atoms with Gasteiger partial charge in [-0.2, -0.15) is 0 Å². The van der Waals surface area contributed by atoms with E-state index in [0.29, 0.717) is 0 Å². The van der Waals surface area contributed by atoms with Gasteiger partial charge in [0.05, 0.1) is 7.11 Å². The summed E-state index contributed by atoms with van der Waals surface area (Å²) >= 11 is 4.04. The Morgan fingerprint density at radius 2 is 2.08 bits per heavy atom. The van der Waals surface area contributed by atoms with Crippen molar-refractivity contribution in [2.75, 3.05) is 7.11 Å². The van der Waals surface area contributed by atoms with Crippen molar-refractivity contribution >= 4 is 28.4 Å². The maximum Gasteiger partial charge on any atom is 0.324 e. The number of hydrogen-bond donors (Lipinski definition) is 1. The molecule has 0 spiro atoms. The molecule has 0 amide bonds. The fraction of sp³-hybridized carbons (Fsp3) is 0.222. The molecule has 0 N–H and O–H groups in total. The molecule has 1 atom stereocenters. The largest absolute Gasteiger partial charge is 0.468 e. The molecule has 2 nitrogen and oxygen atoms in total. The third-order valence-electron chi connectivity index (χ3n) is 1.62. The Morgan fingerprint density at radius 1 is 1.46 bits per heavy atom. The number of thiol groups is 1. The highest BCUT2D eigenvalue weighted by Gasteiger charge is 2.19. The third kappa shape index (κ3) is 2.67. The summed E-state index contributed by atoms with van der Waals surface area (Å²) in [4.78, 5) is 11.3. The Balaban J connectivity index is 2.85. The van der Waals surface area contributed by atoms with Crippen molar-refractivity contribution < 1.29 is 9.53 Å². The summed E-state index contributed by atoms with van der Waals surface area (Å²) in [5, 5.41) is -0.338. The van der Waals surface area contributed by atoms with Crippen LogP contribution < -0.4 is 0 Å². The normalized spacial score (nSPS) is 12.2. The number of carbonyl (C=O) groups excluding carboxylic acids is 1. The molecule has 0 radical (unpaired) electrons. The second-order valence-electron chi connectivity index (χ2n) is 2.42. The molecular formula is C9H10O2S2. The van der Waals surface area contributed by atoms with E-state index in [9.17, 15) is 4.79 Å². The first kappa shape index (κ1) is 10.5. The fourth-order valence-corrected chi connectivity index (χ4v) is 2.06. The minimum Gasteiger partial charge on any atom is -0.468 e. The van der Waals surface area contributed by atoms with Gasteiger partial charge in [0.25, 0.3) is 0 Å². The van der Waals surface area contributed by atoms with E-state index in [1.54, 1.807) is 0 Å². The number of benzene rings is 1. The molecule has 4 heteroatoms. The second-order valence-corrected chi connectivity index (χ2v) is 3.73. The SMILES string of the molecule is COC(=O)C(SS)c1ccccc1. The summed E-state index contributed by atoms with van der Waals surface area (Å²) < 4.78 is 4.65. The number of hydrogen-bond acceptors (Lipinski definition) is 4. The Bertz CT molecular complexity index is 274. The van der Waals surface area contributed by atoms with Gasteiger partial charge >= 0.3 is 5.97 Å². The molecule has 0 aliphatic carbocycles. The van der Waals surface area contributed by atoms with Gasteiger partial charge < -0.3 is 4.74 Å². The minimum absolute atomic E-state index is 0.272. The molecule has 0 saturated carbocycles. The average molecular weight is 214 g/mol. The molecule has 0 aliphatic heterocycles. The Morgan fingerprint density at radius 3 is 2.54 bits per heavy atom. The standard InChI is InChI=1S/C9H10O2S2/c1-11-9(10)8(13-12)7-5-3-2-4-6-7/h2-6,8,12H,1H3. The van der Waals surface area contributed by atoms with Crippen molar-refractivity contribution in [1.29, 1.82) is 0 Å². The number of carbonyl (C=O) groups is 1. The van der Waals surface area contributed by atoms with E-state index in [2.05, 4.69) is 16.4 Å². The Kier molecular flexibility index (Phi) is 4.18. The topological polar surface area (TPSA) is 26.3 Å². The smallest absolute Gasteiger partial charge is 0.324 e. The monoisotopic (exact) mass is 214 g/mol. The van der Waals surface area contributed by atoms with Crippen molar-refractivity contribution in [2.24, 2.45) is 0 Å². The molecule has 1 aromatic carbocycles. The van der Waals surface area contributed by atoms with Crippen LogP contribution >= 0.6 is 22.5 Å². The summed E-state index contributed by atoms with van der Waals surface area (Å²) in [5.41, 5.74) is 0.911. The van der Waals surface area contributed by atoms with Crippen LogP contribution in [0.15, 0.2) is 30.3 Å². The zero-order valence-corrected chi connectivity index (χ0v) is 8.85. The molecule has 1 aromatic rings. The second kappa shape index (κ2) is 5.19. The van der Waals surface area contributed by atoms with Gasteiger partial charge in [0.1, 0.15) is 5.25 Å². The maximum atomic E-state index is 11.3. The first-order valence-electron chi connectivity index (χ1n) is 3.72. The van der Waals surface area contributed by atoms with E-state index in [4.69, 9.17) is 0 Å². The first-order valence-corrected chi connectivity index (χ1v) is 5.65. The van der Waals surface area contributed by atoms with E-state index in [0.717, 1.165) is 5.56 Å². The number of ether oxygens (including phenoxy) is 1. The lowest BCUT2D eigenvalue weighted by molar-refractivity contribution is -0.140. The van der Waals surface area contributed by atoms with Crippen molar-refractivity contribution in [3.05, 3.63) is 35.9 Å². The highest BCUT2D eigenvalue weighted by molar-refractivity contribution is 8.68. The number of rotatable bonds is 3. The van der Waals surface area contributed by atoms with Gasteiger partial charge in [-0.1, -0.05) is 41.1 Å². The van der Waals surface area contributed by atoms with Crippen LogP contribution in [0.5, 0.6) is 0 Å². The molecule has 70 valence electrons. The lowest BCUT2D eigenvalue weighted by atomic mass is 10.1. The highest BCUT2D eigenvalue weighted by Crippen LogP contribution is 2.32. The van der Waals surface area contributed by atoms with E-state index >= 15 is 0 Å². The average Bonchev–Trinajstić information content (AvgIpc) is 2.20. The predicted molar refractivity (Wildman–Crippen MR) is 57.8 cm³/mol. The summed E-state index contributed by atoms with van der Waals surface area (Å²) in [6.45, 7) is 0. The van der Waals surface area contributed by atoms with Crippen LogP contribution in [0, 0.1) is 0 Å². The summed E-state index contributed by atoms with van der Waals surface area (Å²) in [6.07, 6.45) is 0. The van der Waals surface area contributed by atoms with E-state index in [1.165, 1.54) is 17.9 Å². The number of esters is 1. The van der Waals surface area contributed by atoms with Gasteiger partial charge in [-0.25, -0.2) is 0 Å². The molecule has 0 bridgehead atoms. The summed E-state index contributed by atoms with van der Waals surface area (Å²) in [6, 6.07) is 9.43. The summed E-state index contributed by atoms with van der Waals surface area (Å²) in [5.74, 6) is -0.272. The molecule has 0 heterocycles. The van der Waals surface area contributed by atoms with Crippen LogP contribution in [-0.2, 0) is 9.53 Å². The van der Waals surface area contributed by atoms with Crippen LogP contribution in [-0.4, -0.2) is 13.1 Å². The van der Waals surface area contributed by atoms with Crippen molar-refractivity contribution in [2.45, 2.75) is 5.25 Å². The van der Waals surface area contributed by atoms with Crippen LogP contribution in [0.3, 0.4) is 0 Å². The van der Waals surface area contributed by atoms with Crippen LogP contribution in [0.4, 0.5) is 0 Å². The highest BCUT2D eigenvalue weighted by atomic mass is 33.1. The van der Waals surface area contributed by atoms with Gasteiger partial charge in [-0.15, -0.1) is 11.7 Å². The van der Waals surface area contributed by atoms with Gasteiger partial charge in [0.2, 0.25) is 0 Å². The van der Waals surface area contributed by atoms with Gasteiger partial charge in [-0.05, 0) is 5.56 Å². The van der Waals surface area contributed by atoms with Gasteiger partial charge in [0, 0.05) is 0 Å². The maximum absolute atomic E-state index is 11.3. The lowest BCUT2D eigenvalue weighted by Gasteiger charge is -2.10. The third-order valence-corrected chi connectivity index (χ3v) is 2.93. The molecule has 0 saturated heterocycles. The Labute approximate surface area is 86.5 Å². The zero-order valence-electron chi connectivity index (χ0n) is 7.14. The molecule has 0 aromatic heterocycles. The molecule has 1 unspecified atom stereocenters. The van der Waals surface area contributed by atoms with E-state index < -0.39 is 0 Å². The van der Waals surface area contributed by atoms with E-state index in [1.807, 2.05) is 30.3 Å². The first-order chi connectivity index (χ1) is 6.29. The number of methoxy groups -OCH3 is 1. The van der Waals surface area contributed by atoms with E-state index in [-0.39, 0.29) is 11.2 Å².